The molecular weight excluding hydrogens is 280 g/mol. The number of aliphatic carboxylic acids is 1. The molecule has 0 aliphatic carbocycles. The number of amides is 1. The SMILES string of the molecule is CC(C)[C@H](N)C(=O)OC[C@H](NC(=O)OC(C)(C)C)C(=O)O. The number of ether oxygens (including phenoxy) is 2. The summed E-state index contributed by atoms with van der Waals surface area (Å²) in [6, 6.07) is -2.25. The smallest absolute Gasteiger partial charge is 0.408 e. The topological polar surface area (TPSA) is 128 Å². The molecule has 0 aromatic carbocycles. The molecule has 0 rings (SSSR count). The average molecular weight is 304 g/mol. The fraction of sp³-hybridized carbons (Fsp3) is 0.769. The van der Waals surface area contributed by atoms with E-state index in [0.29, 0.717) is 0 Å². The van der Waals surface area contributed by atoms with Crippen molar-refractivity contribution in [3.05, 3.63) is 0 Å². The number of nitrogens with one attached hydrogen (secondary N) is 1. The maximum atomic E-state index is 11.5. The van der Waals surface area contributed by atoms with Gasteiger partial charge < -0.3 is 25.6 Å². The van der Waals surface area contributed by atoms with Gasteiger partial charge in [-0.05, 0) is 26.7 Å². The predicted octanol–water partition coefficient (Wildman–Crippen LogP) is 0.491. The fourth-order valence-electron chi connectivity index (χ4n) is 1.16. The van der Waals surface area contributed by atoms with Gasteiger partial charge in [0.1, 0.15) is 18.2 Å². The molecule has 0 bridgehead atoms. The molecule has 8 heteroatoms. The summed E-state index contributed by atoms with van der Waals surface area (Å²) in [7, 11) is 0. The van der Waals surface area contributed by atoms with Crippen molar-refractivity contribution in [3.63, 3.8) is 0 Å². The van der Waals surface area contributed by atoms with E-state index in [1.807, 2.05) is 0 Å². The highest BCUT2D eigenvalue weighted by Crippen LogP contribution is 2.07. The summed E-state index contributed by atoms with van der Waals surface area (Å²) in [5, 5.41) is 11.1. The summed E-state index contributed by atoms with van der Waals surface area (Å²) >= 11 is 0. The third-order valence-electron chi connectivity index (χ3n) is 2.37. The number of alkyl carbamates (subject to hydrolysis) is 1. The second-order valence-corrected chi connectivity index (χ2v) is 5.94. The number of rotatable bonds is 6. The standard InChI is InChI=1S/C13H24N2O6/c1-7(2)9(14)11(18)20-6-8(10(16)17)15-12(19)21-13(3,4)5/h7-9H,6,14H2,1-5H3,(H,15,19)(H,16,17)/t8-,9-/m0/s1. The zero-order valence-electron chi connectivity index (χ0n) is 13.0. The molecule has 0 spiro atoms. The molecule has 0 aliphatic rings. The quantitative estimate of drug-likeness (QED) is 0.609. The van der Waals surface area contributed by atoms with Gasteiger partial charge in [-0.2, -0.15) is 0 Å². The molecule has 4 N–H and O–H groups in total. The molecule has 0 unspecified atom stereocenters. The largest absolute Gasteiger partial charge is 0.480 e. The summed E-state index contributed by atoms with van der Waals surface area (Å²) in [4.78, 5) is 34.1. The molecule has 0 aromatic heterocycles. The molecule has 0 saturated carbocycles. The Hall–Kier alpha value is -1.83. The first-order chi connectivity index (χ1) is 9.44. The van der Waals surface area contributed by atoms with Gasteiger partial charge in [-0.15, -0.1) is 0 Å². The van der Waals surface area contributed by atoms with Gasteiger partial charge in [0, 0.05) is 0 Å². The number of nitrogens with two attached hydrogens (primary N) is 1. The molecule has 2 atom stereocenters. The molecule has 0 fully saturated rings. The van der Waals surface area contributed by atoms with Gasteiger partial charge in [0.05, 0.1) is 0 Å². The summed E-state index contributed by atoms with van der Waals surface area (Å²) < 4.78 is 9.74. The normalized spacial score (nSPS) is 14.2. The lowest BCUT2D eigenvalue weighted by Gasteiger charge is -2.22. The monoisotopic (exact) mass is 304 g/mol. The highest BCUT2D eigenvalue weighted by Gasteiger charge is 2.27. The van der Waals surface area contributed by atoms with Crippen LogP contribution >= 0.6 is 0 Å². The number of hydrogen-bond acceptors (Lipinski definition) is 6. The lowest BCUT2D eigenvalue weighted by atomic mass is 10.1. The van der Waals surface area contributed by atoms with Crippen molar-refractivity contribution in [2.24, 2.45) is 11.7 Å². The van der Waals surface area contributed by atoms with Crippen molar-refractivity contribution in [1.82, 2.24) is 5.32 Å². The molecule has 0 saturated heterocycles. The Balaban J connectivity index is 4.49. The van der Waals surface area contributed by atoms with Crippen LogP contribution in [0.2, 0.25) is 0 Å². The molecule has 0 heterocycles. The number of hydrogen-bond donors (Lipinski definition) is 3. The Labute approximate surface area is 124 Å². The maximum Gasteiger partial charge on any atom is 0.408 e. The maximum absolute atomic E-state index is 11.5. The molecule has 0 aromatic rings. The Morgan fingerprint density at radius 3 is 2.14 bits per heavy atom. The van der Waals surface area contributed by atoms with Crippen molar-refractivity contribution >= 4 is 18.0 Å². The first kappa shape index (κ1) is 19.2. The number of carbonyl (C=O) groups is 3. The van der Waals surface area contributed by atoms with E-state index in [4.69, 9.17) is 20.3 Å². The molecule has 0 radical (unpaired) electrons. The van der Waals surface area contributed by atoms with E-state index in [1.165, 1.54) is 0 Å². The van der Waals surface area contributed by atoms with Gasteiger partial charge >= 0.3 is 18.0 Å². The minimum Gasteiger partial charge on any atom is -0.480 e. The van der Waals surface area contributed by atoms with E-state index in [2.05, 4.69) is 5.32 Å². The van der Waals surface area contributed by atoms with Gasteiger partial charge in [0.25, 0.3) is 0 Å². The molecule has 21 heavy (non-hydrogen) atoms. The van der Waals surface area contributed by atoms with Crippen LogP contribution in [0.15, 0.2) is 0 Å². The van der Waals surface area contributed by atoms with Gasteiger partial charge in [-0.3, -0.25) is 4.79 Å². The first-order valence-electron chi connectivity index (χ1n) is 6.58. The van der Waals surface area contributed by atoms with E-state index in [1.54, 1.807) is 34.6 Å². The Morgan fingerprint density at radius 1 is 1.24 bits per heavy atom. The second kappa shape index (κ2) is 7.82. The molecule has 8 nitrogen and oxygen atoms in total. The van der Waals surface area contributed by atoms with Crippen LogP contribution in [0.3, 0.4) is 0 Å². The van der Waals surface area contributed by atoms with Crippen LogP contribution in [0.5, 0.6) is 0 Å². The Morgan fingerprint density at radius 2 is 1.76 bits per heavy atom. The lowest BCUT2D eigenvalue weighted by molar-refractivity contribution is -0.150. The number of carboxylic acids is 1. The van der Waals surface area contributed by atoms with Crippen LogP contribution in [0, 0.1) is 5.92 Å². The zero-order chi connectivity index (χ0) is 16.8. The van der Waals surface area contributed by atoms with Gasteiger partial charge in [0.15, 0.2) is 6.04 Å². The Kier molecular flexibility index (Phi) is 7.14. The van der Waals surface area contributed by atoms with Crippen LogP contribution in [0.4, 0.5) is 4.79 Å². The van der Waals surface area contributed by atoms with E-state index < -0.39 is 42.3 Å². The predicted molar refractivity (Wildman–Crippen MR) is 74.6 cm³/mol. The van der Waals surface area contributed by atoms with Crippen molar-refractivity contribution in [2.75, 3.05) is 6.61 Å². The molecule has 0 aliphatic heterocycles. The highest BCUT2D eigenvalue weighted by atomic mass is 16.6. The number of carbonyl (C=O) groups excluding carboxylic acids is 2. The van der Waals surface area contributed by atoms with Crippen molar-refractivity contribution in [2.45, 2.75) is 52.3 Å². The zero-order valence-corrected chi connectivity index (χ0v) is 13.0. The van der Waals surface area contributed by atoms with Crippen LogP contribution in [-0.2, 0) is 19.1 Å². The van der Waals surface area contributed by atoms with Crippen molar-refractivity contribution in [3.8, 4) is 0 Å². The van der Waals surface area contributed by atoms with E-state index in [0.717, 1.165) is 0 Å². The van der Waals surface area contributed by atoms with Crippen LogP contribution in [0.25, 0.3) is 0 Å². The van der Waals surface area contributed by atoms with E-state index >= 15 is 0 Å². The highest BCUT2D eigenvalue weighted by molar-refractivity contribution is 5.81. The van der Waals surface area contributed by atoms with Gasteiger partial charge in [-0.25, -0.2) is 9.59 Å². The van der Waals surface area contributed by atoms with Gasteiger partial charge in [-0.1, -0.05) is 13.8 Å². The average Bonchev–Trinajstić information content (AvgIpc) is 2.30. The van der Waals surface area contributed by atoms with Crippen molar-refractivity contribution < 1.29 is 29.0 Å². The summed E-state index contributed by atoms with van der Waals surface area (Å²) in [6.07, 6.45) is -0.904. The fourth-order valence-corrected chi connectivity index (χ4v) is 1.16. The summed E-state index contributed by atoms with van der Waals surface area (Å²) in [5.74, 6) is -2.20. The van der Waals surface area contributed by atoms with Crippen LogP contribution in [0.1, 0.15) is 34.6 Å². The lowest BCUT2D eigenvalue weighted by Crippen LogP contribution is -2.47. The molecule has 1 amide bonds. The first-order valence-corrected chi connectivity index (χ1v) is 6.58. The number of carboxylic acid groups (broad SMARTS) is 1. The summed E-state index contributed by atoms with van der Waals surface area (Å²) in [6.45, 7) is 7.88. The molecular formula is C13H24N2O6. The van der Waals surface area contributed by atoms with E-state index in [-0.39, 0.29) is 5.92 Å². The third kappa shape index (κ3) is 8.13. The van der Waals surface area contributed by atoms with Gasteiger partial charge in [0.2, 0.25) is 0 Å². The minimum absolute atomic E-state index is 0.139. The third-order valence-corrected chi connectivity index (χ3v) is 2.37. The van der Waals surface area contributed by atoms with Crippen molar-refractivity contribution in [1.29, 1.82) is 0 Å². The summed E-state index contributed by atoms with van der Waals surface area (Å²) in [5.41, 5.74) is 4.81. The van der Waals surface area contributed by atoms with Crippen LogP contribution < -0.4 is 11.1 Å². The van der Waals surface area contributed by atoms with E-state index in [9.17, 15) is 14.4 Å². The second-order valence-electron chi connectivity index (χ2n) is 5.94. The van der Waals surface area contributed by atoms with Crippen LogP contribution in [-0.4, -0.2) is 47.4 Å². The molecule has 122 valence electrons. The Bertz CT molecular complexity index is 389. The number of esters is 1. The minimum atomic E-state index is -1.40.